The molecule has 0 saturated heterocycles. The lowest BCUT2D eigenvalue weighted by Crippen LogP contribution is -1.84. The van der Waals surface area contributed by atoms with E-state index in [1.54, 1.807) is 0 Å². The molecule has 0 atom stereocenters. The molecule has 0 amide bonds. The highest BCUT2D eigenvalue weighted by molar-refractivity contribution is 14.1. The van der Waals surface area contributed by atoms with E-state index in [1.807, 2.05) is 24.3 Å². The van der Waals surface area contributed by atoms with Gasteiger partial charge in [-0.3, -0.25) is 0 Å². The minimum absolute atomic E-state index is 0.694. The Hall–Kier alpha value is -1.36. The Morgan fingerprint density at radius 3 is 2.76 bits per heavy atom. The van der Waals surface area contributed by atoms with E-state index < -0.39 is 0 Å². The zero-order chi connectivity index (χ0) is 11.8. The van der Waals surface area contributed by atoms with Gasteiger partial charge in [-0.05, 0) is 53.8 Å². The van der Waals surface area contributed by atoms with Gasteiger partial charge in [-0.15, -0.1) is 0 Å². The Morgan fingerprint density at radius 2 is 1.94 bits per heavy atom. The van der Waals surface area contributed by atoms with Crippen molar-refractivity contribution in [2.75, 3.05) is 0 Å². The lowest BCUT2D eigenvalue weighted by Gasteiger charge is -2.00. The van der Waals surface area contributed by atoms with Gasteiger partial charge in [0.2, 0.25) is 5.89 Å². The second-order valence-electron chi connectivity index (χ2n) is 3.97. The standard InChI is InChI=1S/C14H10INO/c1-9-6-7-11(15)10(8-9)14-16-12-4-2-3-5-13(12)17-14/h2-8H,1H3. The first kappa shape index (κ1) is 10.8. The highest BCUT2D eigenvalue weighted by Crippen LogP contribution is 2.28. The predicted octanol–water partition coefficient (Wildman–Crippen LogP) is 4.41. The Morgan fingerprint density at radius 1 is 1.12 bits per heavy atom. The lowest BCUT2D eigenvalue weighted by atomic mass is 10.1. The Labute approximate surface area is 113 Å². The van der Waals surface area contributed by atoms with Crippen LogP contribution in [0.3, 0.4) is 0 Å². The highest BCUT2D eigenvalue weighted by Gasteiger charge is 2.10. The normalized spacial score (nSPS) is 10.9. The number of hydrogen-bond donors (Lipinski definition) is 0. The fraction of sp³-hybridized carbons (Fsp3) is 0.0714. The Balaban J connectivity index is 2.23. The quantitative estimate of drug-likeness (QED) is 0.616. The number of nitrogens with zero attached hydrogens (tertiary/aromatic N) is 1. The summed E-state index contributed by atoms with van der Waals surface area (Å²) in [6, 6.07) is 14.1. The fourth-order valence-electron chi connectivity index (χ4n) is 1.79. The van der Waals surface area contributed by atoms with Crippen LogP contribution in [0.1, 0.15) is 5.56 Å². The third-order valence-corrected chi connectivity index (χ3v) is 3.59. The molecule has 0 aliphatic heterocycles. The van der Waals surface area contributed by atoms with E-state index in [-0.39, 0.29) is 0 Å². The number of halogens is 1. The molecule has 2 aromatic carbocycles. The SMILES string of the molecule is Cc1ccc(I)c(-c2nc3ccccc3o2)c1. The summed E-state index contributed by atoms with van der Waals surface area (Å²) in [5.41, 5.74) is 4.00. The second-order valence-corrected chi connectivity index (χ2v) is 5.13. The van der Waals surface area contributed by atoms with Crippen molar-refractivity contribution in [1.29, 1.82) is 0 Å². The molecule has 1 heterocycles. The van der Waals surface area contributed by atoms with Crippen molar-refractivity contribution in [1.82, 2.24) is 4.98 Å². The van der Waals surface area contributed by atoms with Crippen LogP contribution in [-0.2, 0) is 0 Å². The number of aromatic nitrogens is 1. The van der Waals surface area contributed by atoms with Crippen LogP contribution in [0.15, 0.2) is 46.9 Å². The van der Waals surface area contributed by atoms with Crippen molar-refractivity contribution in [3.8, 4) is 11.5 Å². The van der Waals surface area contributed by atoms with Gasteiger partial charge in [0.15, 0.2) is 5.58 Å². The molecule has 0 radical (unpaired) electrons. The average Bonchev–Trinajstić information content (AvgIpc) is 2.75. The molecule has 0 unspecified atom stereocenters. The molecule has 1 aromatic heterocycles. The summed E-state index contributed by atoms with van der Waals surface area (Å²) in [7, 11) is 0. The smallest absolute Gasteiger partial charge is 0.228 e. The van der Waals surface area contributed by atoms with Gasteiger partial charge in [0.25, 0.3) is 0 Å². The van der Waals surface area contributed by atoms with Crippen molar-refractivity contribution in [2.45, 2.75) is 6.92 Å². The van der Waals surface area contributed by atoms with Crippen LogP contribution in [0.4, 0.5) is 0 Å². The van der Waals surface area contributed by atoms with Crippen molar-refractivity contribution < 1.29 is 4.42 Å². The minimum Gasteiger partial charge on any atom is -0.436 e. The monoisotopic (exact) mass is 335 g/mol. The van der Waals surface area contributed by atoms with Crippen molar-refractivity contribution in [2.24, 2.45) is 0 Å². The summed E-state index contributed by atoms with van der Waals surface area (Å²) < 4.78 is 6.93. The highest BCUT2D eigenvalue weighted by atomic mass is 127. The maximum absolute atomic E-state index is 5.77. The summed E-state index contributed by atoms with van der Waals surface area (Å²) >= 11 is 2.31. The second kappa shape index (κ2) is 4.14. The molecule has 3 heteroatoms. The molecule has 0 N–H and O–H groups in total. The van der Waals surface area contributed by atoms with Crippen LogP contribution in [-0.4, -0.2) is 4.98 Å². The van der Waals surface area contributed by atoms with Gasteiger partial charge < -0.3 is 4.42 Å². The number of hydrogen-bond acceptors (Lipinski definition) is 2. The summed E-state index contributed by atoms with van der Waals surface area (Å²) in [5, 5.41) is 0. The number of oxazole rings is 1. The van der Waals surface area contributed by atoms with E-state index in [2.05, 4.69) is 52.7 Å². The number of fused-ring (bicyclic) bond motifs is 1. The van der Waals surface area contributed by atoms with Gasteiger partial charge in [0.1, 0.15) is 5.52 Å². The zero-order valence-corrected chi connectivity index (χ0v) is 11.4. The van der Waals surface area contributed by atoms with Crippen LogP contribution in [0, 0.1) is 10.5 Å². The van der Waals surface area contributed by atoms with Crippen LogP contribution in [0.2, 0.25) is 0 Å². The zero-order valence-electron chi connectivity index (χ0n) is 9.27. The molecular formula is C14H10INO. The first-order chi connectivity index (χ1) is 8.24. The first-order valence-electron chi connectivity index (χ1n) is 5.36. The molecule has 2 nitrogen and oxygen atoms in total. The third-order valence-electron chi connectivity index (χ3n) is 2.65. The number of aryl methyl sites for hydroxylation is 1. The molecule has 0 aliphatic carbocycles. The van der Waals surface area contributed by atoms with Gasteiger partial charge in [-0.25, -0.2) is 4.98 Å². The summed E-state index contributed by atoms with van der Waals surface area (Å²) in [6.07, 6.45) is 0. The van der Waals surface area contributed by atoms with E-state index in [1.165, 1.54) is 5.56 Å². The molecule has 0 spiro atoms. The van der Waals surface area contributed by atoms with Gasteiger partial charge in [0, 0.05) is 3.57 Å². The number of para-hydroxylation sites is 2. The van der Waals surface area contributed by atoms with E-state index in [0.29, 0.717) is 5.89 Å². The van der Waals surface area contributed by atoms with Gasteiger partial charge >= 0.3 is 0 Å². The molecule has 0 fully saturated rings. The molecule has 3 aromatic rings. The van der Waals surface area contributed by atoms with Crippen LogP contribution in [0.5, 0.6) is 0 Å². The summed E-state index contributed by atoms with van der Waals surface area (Å²) in [4.78, 5) is 4.51. The van der Waals surface area contributed by atoms with E-state index in [9.17, 15) is 0 Å². The Kier molecular flexibility index (Phi) is 2.63. The number of benzene rings is 2. The van der Waals surface area contributed by atoms with Crippen molar-refractivity contribution in [3.05, 3.63) is 51.6 Å². The van der Waals surface area contributed by atoms with Gasteiger partial charge in [-0.1, -0.05) is 23.8 Å². The van der Waals surface area contributed by atoms with Crippen LogP contribution in [0.25, 0.3) is 22.6 Å². The molecule has 0 bridgehead atoms. The topological polar surface area (TPSA) is 26.0 Å². The molecule has 0 aliphatic rings. The van der Waals surface area contributed by atoms with Crippen LogP contribution < -0.4 is 0 Å². The summed E-state index contributed by atoms with van der Waals surface area (Å²) in [5.74, 6) is 0.694. The van der Waals surface area contributed by atoms with Crippen molar-refractivity contribution in [3.63, 3.8) is 0 Å². The lowest BCUT2D eigenvalue weighted by molar-refractivity contribution is 0.619. The molecule has 0 saturated carbocycles. The van der Waals surface area contributed by atoms with E-state index >= 15 is 0 Å². The summed E-state index contributed by atoms with van der Waals surface area (Å²) in [6.45, 7) is 2.07. The molecule has 3 rings (SSSR count). The fourth-order valence-corrected chi connectivity index (χ4v) is 2.36. The molecular weight excluding hydrogens is 325 g/mol. The first-order valence-corrected chi connectivity index (χ1v) is 6.44. The van der Waals surface area contributed by atoms with Crippen molar-refractivity contribution >= 4 is 33.7 Å². The third kappa shape index (κ3) is 1.95. The largest absolute Gasteiger partial charge is 0.436 e. The molecule has 17 heavy (non-hydrogen) atoms. The van der Waals surface area contributed by atoms with Crippen LogP contribution >= 0.6 is 22.6 Å². The van der Waals surface area contributed by atoms with E-state index in [0.717, 1.165) is 20.2 Å². The number of rotatable bonds is 1. The van der Waals surface area contributed by atoms with Gasteiger partial charge in [-0.2, -0.15) is 0 Å². The maximum atomic E-state index is 5.77. The Bertz CT molecular complexity index is 655. The van der Waals surface area contributed by atoms with E-state index in [4.69, 9.17) is 4.42 Å². The van der Waals surface area contributed by atoms with Gasteiger partial charge in [0.05, 0.1) is 5.56 Å². The maximum Gasteiger partial charge on any atom is 0.228 e. The predicted molar refractivity (Wildman–Crippen MR) is 76.9 cm³/mol. The average molecular weight is 335 g/mol. The molecule has 84 valence electrons. The minimum atomic E-state index is 0.694.